The van der Waals surface area contributed by atoms with Crippen molar-refractivity contribution in [2.75, 3.05) is 6.61 Å². The first kappa shape index (κ1) is 25.8. The van der Waals surface area contributed by atoms with Gasteiger partial charge >= 0.3 is 11.9 Å². The Labute approximate surface area is 203 Å². The van der Waals surface area contributed by atoms with E-state index in [1.54, 1.807) is 6.07 Å². The van der Waals surface area contributed by atoms with Gasteiger partial charge in [0.2, 0.25) is 0 Å². The number of ether oxygens (including phenoxy) is 1. The van der Waals surface area contributed by atoms with Crippen LogP contribution in [0.4, 0.5) is 0 Å². The minimum atomic E-state index is -1.00. The number of esters is 1. The average molecular weight is 467 g/mol. The zero-order chi connectivity index (χ0) is 24.7. The van der Waals surface area contributed by atoms with Gasteiger partial charge < -0.3 is 14.9 Å². The van der Waals surface area contributed by atoms with Gasteiger partial charge in [-0.25, -0.2) is 4.79 Å². The predicted octanol–water partition coefficient (Wildman–Crippen LogP) is 6.69. The fraction of sp³-hybridized carbons (Fsp3) is 0.517. The lowest BCUT2D eigenvalue weighted by Crippen LogP contribution is -2.20. The van der Waals surface area contributed by atoms with Gasteiger partial charge in [-0.2, -0.15) is 0 Å². The Bertz CT molecular complexity index is 968. The highest BCUT2D eigenvalue weighted by molar-refractivity contribution is 5.88. The van der Waals surface area contributed by atoms with E-state index in [-0.39, 0.29) is 29.1 Å². The average Bonchev–Trinajstić information content (AvgIpc) is 2.81. The van der Waals surface area contributed by atoms with Crippen molar-refractivity contribution in [2.45, 2.75) is 77.6 Å². The van der Waals surface area contributed by atoms with E-state index >= 15 is 0 Å². The second-order valence-electron chi connectivity index (χ2n) is 10.1. The molecule has 5 heteroatoms. The Balaban J connectivity index is 1.46. The summed E-state index contributed by atoms with van der Waals surface area (Å²) in [6.07, 6.45) is 6.12. The van der Waals surface area contributed by atoms with Crippen LogP contribution in [0, 0.1) is 11.8 Å². The molecule has 2 aromatic rings. The molecule has 0 bridgehead atoms. The molecule has 5 nitrogen and oxygen atoms in total. The number of aromatic hydroxyl groups is 1. The fourth-order valence-electron chi connectivity index (χ4n) is 5.22. The Morgan fingerprint density at radius 1 is 1.09 bits per heavy atom. The molecule has 34 heavy (non-hydrogen) atoms. The molecule has 3 rings (SSSR count). The van der Waals surface area contributed by atoms with E-state index in [0.29, 0.717) is 31.3 Å². The van der Waals surface area contributed by atoms with Crippen LogP contribution in [0.1, 0.15) is 98.2 Å². The number of aryl methyl sites for hydroxylation is 1. The molecule has 0 heterocycles. The number of carboxylic acid groups (broad SMARTS) is 1. The molecule has 0 saturated carbocycles. The van der Waals surface area contributed by atoms with Crippen molar-refractivity contribution in [3.8, 4) is 5.75 Å². The molecular weight excluding hydrogens is 428 g/mol. The third kappa shape index (κ3) is 6.85. The van der Waals surface area contributed by atoms with Gasteiger partial charge in [-0.1, -0.05) is 63.9 Å². The molecule has 0 aromatic heterocycles. The van der Waals surface area contributed by atoms with E-state index in [4.69, 9.17) is 4.74 Å². The van der Waals surface area contributed by atoms with Crippen LogP contribution >= 0.6 is 0 Å². The summed E-state index contributed by atoms with van der Waals surface area (Å²) in [5.41, 5.74) is 3.22. The summed E-state index contributed by atoms with van der Waals surface area (Å²) in [5, 5.41) is 19.9. The van der Waals surface area contributed by atoms with E-state index in [1.807, 2.05) is 30.3 Å². The summed E-state index contributed by atoms with van der Waals surface area (Å²) in [4.78, 5) is 23.6. The molecule has 0 amide bonds. The van der Waals surface area contributed by atoms with Crippen molar-refractivity contribution in [3.05, 3.63) is 64.7 Å². The zero-order valence-electron chi connectivity index (χ0n) is 20.6. The number of rotatable bonds is 11. The molecule has 0 saturated heterocycles. The lowest BCUT2D eigenvalue weighted by Gasteiger charge is -2.34. The van der Waals surface area contributed by atoms with Gasteiger partial charge in [-0.15, -0.1) is 0 Å². The van der Waals surface area contributed by atoms with Gasteiger partial charge in [0.05, 0.1) is 12.2 Å². The van der Waals surface area contributed by atoms with E-state index in [0.717, 1.165) is 48.8 Å². The summed E-state index contributed by atoms with van der Waals surface area (Å²) in [7, 11) is 0. The Hall–Kier alpha value is -2.82. The summed E-state index contributed by atoms with van der Waals surface area (Å²) in [6, 6.07) is 13.1. The number of hydrogen-bond donors (Lipinski definition) is 2. The van der Waals surface area contributed by atoms with Gasteiger partial charge in [0.25, 0.3) is 0 Å². The molecule has 0 fully saturated rings. The van der Waals surface area contributed by atoms with E-state index in [2.05, 4.69) is 20.8 Å². The van der Waals surface area contributed by atoms with Crippen LogP contribution in [-0.4, -0.2) is 28.8 Å². The Morgan fingerprint density at radius 3 is 2.53 bits per heavy atom. The van der Waals surface area contributed by atoms with E-state index in [1.165, 1.54) is 6.07 Å². The van der Waals surface area contributed by atoms with E-state index in [9.17, 15) is 19.8 Å². The van der Waals surface area contributed by atoms with Gasteiger partial charge in [-0.05, 0) is 72.6 Å². The first-order valence-corrected chi connectivity index (χ1v) is 12.6. The number of aromatic carboxylic acids is 1. The number of fused-ring (bicyclic) bond motifs is 1. The molecule has 0 aliphatic heterocycles. The maximum atomic E-state index is 12.1. The second kappa shape index (κ2) is 12.0. The highest BCUT2D eigenvalue weighted by atomic mass is 16.5. The standard InChI is InChI=1S/C29H38O5/c1-19(18-34-27(31)15-13-22-10-5-4-6-11-22)8-7-9-20(2)24-14-12-21(3)28-25(24)16-23(29(32)33)17-26(28)30/h4-6,10-11,16-17,19-21,24,30H,7-9,12-15,18H2,1-3H3,(H,32,33)/t19-,20+,21-,24+/m1/s1. The number of benzene rings is 2. The first-order chi connectivity index (χ1) is 16.3. The highest BCUT2D eigenvalue weighted by Gasteiger charge is 2.31. The molecule has 0 unspecified atom stereocenters. The van der Waals surface area contributed by atoms with Gasteiger partial charge in [0.15, 0.2) is 0 Å². The monoisotopic (exact) mass is 466 g/mol. The third-order valence-electron chi connectivity index (χ3n) is 7.27. The zero-order valence-corrected chi connectivity index (χ0v) is 20.6. The van der Waals surface area contributed by atoms with Crippen LogP contribution < -0.4 is 0 Å². The first-order valence-electron chi connectivity index (χ1n) is 12.6. The number of carbonyl (C=O) groups is 2. The van der Waals surface area contributed by atoms with E-state index < -0.39 is 5.97 Å². The Kier molecular flexibility index (Phi) is 9.14. The second-order valence-corrected chi connectivity index (χ2v) is 10.1. The van der Waals surface area contributed by atoms with Crippen LogP contribution in [0.15, 0.2) is 42.5 Å². The molecule has 0 spiro atoms. The van der Waals surface area contributed by atoms with Crippen molar-refractivity contribution in [1.29, 1.82) is 0 Å². The molecule has 2 aromatic carbocycles. The lowest BCUT2D eigenvalue weighted by atomic mass is 9.70. The molecular formula is C29H38O5. The molecule has 4 atom stereocenters. The SMILES string of the molecule is C[C@H](CCC[C@H](C)[C@@H]1CC[C@@H](C)c2c(O)cc(C(=O)O)cc21)COC(=O)CCc1ccccc1. The van der Waals surface area contributed by atoms with Gasteiger partial charge in [0.1, 0.15) is 5.75 Å². The van der Waals surface area contributed by atoms with Crippen molar-refractivity contribution in [2.24, 2.45) is 11.8 Å². The smallest absolute Gasteiger partial charge is 0.335 e. The normalized spacial score (nSPS) is 19.1. The summed E-state index contributed by atoms with van der Waals surface area (Å²) in [6.45, 7) is 6.89. The number of phenolic OH excluding ortho intramolecular Hbond substituents is 1. The third-order valence-corrected chi connectivity index (χ3v) is 7.27. The van der Waals surface area contributed by atoms with Crippen LogP contribution in [0.5, 0.6) is 5.75 Å². The van der Waals surface area contributed by atoms with Crippen molar-refractivity contribution in [3.63, 3.8) is 0 Å². The Morgan fingerprint density at radius 2 is 1.82 bits per heavy atom. The van der Waals surface area contributed by atoms with Crippen LogP contribution in [-0.2, 0) is 16.0 Å². The summed E-state index contributed by atoms with van der Waals surface area (Å²) in [5.74, 6) is 0.132. The maximum absolute atomic E-state index is 12.1. The fourth-order valence-corrected chi connectivity index (χ4v) is 5.22. The molecule has 184 valence electrons. The molecule has 1 aliphatic carbocycles. The van der Waals surface area contributed by atoms with Crippen LogP contribution in [0.3, 0.4) is 0 Å². The van der Waals surface area contributed by atoms with Crippen molar-refractivity contribution < 1.29 is 24.5 Å². The van der Waals surface area contributed by atoms with Gasteiger partial charge in [-0.3, -0.25) is 4.79 Å². The van der Waals surface area contributed by atoms with Crippen molar-refractivity contribution >= 4 is 11.9 Å². The lowest BCUT2D eigenvalue weighted by molar-refractivity contribution is -0.144. The molecule has 1 aliphatic rings. The minimum absolute atomic E-state index is 0.113. The maximum Gasteiger partial charge on any atom is 0.335 e. The number of carbonyl (C=O) groups excluding carboxylic acids is 1. The molecule has 2 N–H and O–H groups in total. The number of phenols is 1. The van der Waals surface area contributed by atoms with Crippen LogP contribution in [0.2, 0.25) is 0 Å². The van der Waals surface area contributed by atoms with Gasteiger partial charge in [0, 0.05) is 12.0 Å². The highest BCUT2D eigenvalue weighted by Crippen LogP contribution is 2.47. The summed E-state index contributed by atoms with van der Waals surface area (Å²) >= 11 is 0. The minimum Gasteiger partial charge on any atom is -0.508 e. The molecule has 0 radical (unpaired) electrons. The van der Waals surface area contributed by atoms with Crippen molar-refractivity contribution in [1.82, 2.24) is 0 Å². The quantitative estimate of drug-likeness (QED) is 0.360. The largest absolute Gasteiger partial charge is 0.508 e. The number of hydrogen-bond acceptors (Lipinski definition) is 4. The summed E-state index contributed by atoms with van der Waals surface area (Å²) < 4.78 is 5.48. The predicted molar refractivity (Wildman–Crippen MR) is 133 cm³/mol. The number of carboxylic acids is 1. The van der Waals surface area contributed by atoms with Crippen LogP contribution in [0.25, 0.3) is 0 Å². The topological polar surface area (TPSA) is 83.8 Å².